The Morgan fingerprint density at radius 3 is 1.94 bits per heavy atom. The van der Waals surface area contributed by atoms with E-state index in [9.17, 15) is 9.59 Å². The summed E-state index contributed by atoms with van der Waals surface area (Å²) in [6.45, 7) is 1.04. The fraction of sp³-hybridized carbons (Fsp3) is 0.833. The van der Waals surface area contributed by atoms with Gasteiger partial charge in [-0.15, -0.1) is 0 Å². The summed E-state index contributed by atoms with van der Waals surface area (Å²) in [4.78, 5) is 23.0. The van der Waals surface area contributed by atoms with E-state index in [2.05, 4.69) is 10.6 Å². The van der Waals surface area contributed by atoms with Gasteiger partial charge in [0.15, 0.2) is 0 Å². The molecule has 2 saturated carbocycles. The van der Waals surface area contributed by atoms with Gasteiger partial charge in [0.25, 0.3) is 0 Å². The molecule has 0 radical (unpaired) electrons. The van der Waals surface area contributed by atoms with Crippen LogP contribution in [-0.4, -0.2) is 30.9 Å². The summed E-state index contributed by atoms with van der Waals surface area (Å²) in [7, 11) is 0. The molecule has 2 aliphatic rings. The van der Waals surface area contributed by atoms with Crippen molar-refractivity contribution in [1.29, 1.82) is 0 Å². The first-order valence-corrected chi connectivity index (χ1v) is 6.48. The minimum Gasteiger partial charge on any atom is -0.354 e. The molecule has 2 aliphatic carbocycles. The van der Waals surface area contributed by atoms with Gasteiger partial charge in [-0.3, -0.25) is 9.59 Å². The van der Waals surface area contributed by atoms with E-state index in [0.29, 0.717) is 13.1 Å². The second kappa shape index (κ2) is 5.49. The number of hydrogen-bond donors (Lipinski definition) is 3. The van der Waals surface area contributed by atoms with Crippen molar-refractivity contribution in [2.75, 3.05) is 13.1 Å². The lowest BCUT2D eigenvalue weighted by atomic mass is 10.1. The summed E-state index contributed by atoms with van der Waals surface area (Å²) < 4.78 is 0. The zero-order chi connectivity index (χ0) is 12.3. The van der Waals surface area contributed by atoms with Gasteiger partial charge in [-0.25, -0.2) is 0 Å². The molecule has 2 rings (SSSR count). The molecule has 0 saturated heterocycles. The minimum atomic E-state index is 0.0733. The van der Waals surface area contributed by atoms with E-state index in [1.165, 1.54) is 0 Å². The van der Waals surface area contributed by atoms with Crippen LogP contribution >= 0.6 is 0 Å². The maximum absolute atomic E-state index is 11.7. The largest absolute Gasteiger partial charge is 0.354 e. The first-order chi connectivity index (χ1) is 8.16. The highest BCUT2D eigenvalue weighted by Gasteiger charge is 2.29. The Morgan fingerprint density at radius 2 is 1.47 bits per heavy atom. The third-order valence-electron chi connectivity index (χ3n) is 3.52. The van der Waals surface area contributed by atoms with E-state index in [-0.39, 0.29) is 29.7 Å². The number of carbonyl (C=O) groups is 2. The predicted octanol–water partition coefficient (Wildman–Crippen LogP) is -0.244. The molecule has 17 heavy (non-hydrogen) atoms. The summed E-state index contributed by atoms with van der Waals surface area (Å²) >= 11 is 0. The van der Waals surface area contributed by atoms with Gasteiger partial charge >= 0.3 is 0 Å². The standard InChI is InChI=1S/C12H21N3O2/c13-10-4-3-9(7-10)12(17)15-6-5-14-11(16)8-1-2-8/h8-10H,1-7,13H2,(H,14,16)(H,15,17). The normalized spacial score (nSPS) is 27.8. The van der Waals surface area contributed by atoms with E-state index in [1.54, 1.807) is 0 Å². The van der Waals surface area contributed by atoms with E-state index < -0.39 is 0 Å². The van der Waals surface area contributed by atoms with Crippen molar-refractivity contribution in [1.82, 2.24) is 10.6 Å². The van der Waals surface area contributed by atoms with Crippen LogP contribution in [0, 0.1) is 11.8 Å². The molecule has 2 atom stereocenters. The third-order valence-corrected chi connectivity index (χ3v) is 3.52. The second-order valence-corrected chi connectivity index (χ2v) is 5.13. The van der Waals surface area contributed by atoms with Gasteiger partial charge in [0.05, 0.1) is 0 Å². The number of carbonyl (C=O) groups excluding carboxylic acids is 2. The Labute approximate surface area is 102 Å². The van der Waals surface area contributed by atoms with Crippen LogP contribution < -0.4 is 16.4 Å². The lowest BCUT2D eigenvalue weighted by molar-refractivity contribution is -0.125. The highest BCUT2D eigenvalue weighted by Crippen LogP contribution is 2.28. The molecule has 4 N–H and O–H groups in total. The number of amides is 2. The highest BCUT2D eigenvalue weighted by atomic mass is 16.2. The third kappa shape index (κ3) is 3.70. The average Bonchev–Trinajstić information content (AvgIpc) is 3.07. The van der Waals surface area contributed by atoms with Crippen molar-refractivity contribution in [3.05, 3.63) is 0 Å². The number of nitrogens with one attached hydrogen (secondary N) is 2. The van der Waals surface area contributed by atoms with Gasteiger partial charge < -0.3 is 16.4 Å². The molecule has 0 heterocycles. The minimum absolute atomic E-state index is 0.0733. The van der Waals surface area contributed by atoms with E-state index in [4.69, 9.17) is 5.73 Å². The summed E-state index contributed by atoms with van der Waals surface area (Å²) in [5.41, 5.74) is 5.76. The molecule has 0 bridgehead atoms. The van der Waals surface area contributed by atoms with Gasteiger partial charge in [-0.05, 0) is 32.1 Å². The van der Waals surface area contributed by atoms with Crippen LogP contribution in [0.2, 0.25) is 0 Å². The van der Waals surface area contributed by atoms with Crippen LogP contribution in [0.25, 0.3) is 0 Å². The Bertz CT molecular complexity index is 302. The average molecular weight is 239 g/mol. The lowest BCUT2D eigenvalue weighted by Crippen LogP contribution is -2.37. The van der Waals surface area contributed by atoms with Crippen LogP contribution in [0.4, 0.5) is 0 Å². The fourth-order valence-corrected chi connectivity index (χ4v) is 2.26. The fourth-order valence-electron chi connectivity index (χ4n) is 2.26. The zero-order valence-electron chi connectivity index (χ0n) is 10.1. The summed E-state index contributed by atoms with van der Waals surface area (Å²) in [5, 5.41) is 5.67. The smallest absolute Gasteiger partial charge is 0.223 e. The molecule has 0 aromatic rings. The predicted molar refractivity (Wildman–Crippen MR) is 64.1 cm³/mol. The van der Waals surface area contributed by atoms with Crippen molar-refractivity contribution in [3.63, 3.8) is 0 Å². The molecule has 0 aromatic heterocycles. The first kappa shape index (κ1) is 12.4. The maximum atomic E-state index is 11.7. The highest BCUT2D eigenvalue weighted by molar-refractivity contribution is 5.81. The van der Waals surface area contributed by atoms with E-state index in [1.807, 2.05) is 0 Å². The van der Waals surface area contributed by atoms with E-state index >= 15 is 0 Å². The van der Waals surface area contributed by atoms with Crippen LogP contribution in [-0.2, 0) is 9.59 Å². The van der Waals surface area contributed by atoms with Crippen molar-refractivity contribution < 1.29 is 9.59 Å². The van der Waals surface area contributed by atoms with Gasteiger partial charge in [0, 0.05) is 31.0 Å². The van der Waals surface area contributed by atoms with Crippen LogP contribution in [0.1, 0.15) is 32.1 Å². The molecule has 2 unspecified atom stereocenters. The van der Waals surface area contributed by atoms with Crippen molar-refractivity contribution in [3.8, 4) is 0 Å². The monoisotopic (exact) mass is 239 g/mol. The molecular weight excluding hydrogens is 218 g/mol. The van der Waals surface area contributed by atoms with Gasteiger partial charge in [-0.2, -0.15) is 0 Å². The van der Waals surface area contributed by atoms with Crippen molar-refractivity contribution >= 4 is 11.8 Å². The van der Waals surface area contributed by atoms with Gasteiger partial charge in [0.1, 0.15) is 0 Å². The van der Waals surface area contributed by atoms with Crippen LogP contribution in [0.3, 0.4) is 0 Å². The van der Waals surface area contributed by atoms with Crippen LogP contribution in [0.15, 0.2) is 0 Å². The lowest BCUT2D eigenvalue weighted by Gasteiger charge is -2.11. The Morgan fingerprint density at radius 1 is 0.941 bits per heavy atom. The molecule has 5 heteroatoms. The summed E-state index contributed by atoms with van der Waals surface area (Å²) in [5.74, 6) is 0.517. The topological polar surface area (TPSA) is 84.2 Å². The number of hydrogen-bond acceptors (Lipinski definition) is 3. The van der Waals surface area contributed by atoms with Gasteiger partial charge in [-0.1, -0.05) is 0 Å². The Hall–Kier alpha value is -1.10. The molecule has 96 valence electrons. The quantitative estimate of drug-likeness (QED) is 0.579. The summed E-state index contributed by atoms with van der Waals surface area (Å²) in [6, 6.07) is 0.181. The molecule has 2 amide bonds. The molecular formula is C12H21N3O2. The SMILES string of the molecule is NC1CCC(C(=O)NCCNC(=O)C2CC2)C1. The molecule has 5 nitrogen and oxygen atoms in total. The van der Waals surface area contributed by atoms with E-state index in [0.717, 1.165) is 32.1 Å². The molecule has 2 fully saturated rings. The number of rotatable bonds is 5. The molecule has 0 aliphatic heterocycles. The maximum Gasteiger partial charge on any atom is 0.223 e. The second-order valence-electron chi connectivity index (χ2n) is 5.13. The first-order valence-electron chi connectivity index (χ1n) is 6.48. The Balaban J connectivity index is 1.55. The molecule has 0 aromatic carbocycles. The van der Waals surface area contributed by atoms with Gasteiger partial charge in [0.2, 0.25) is 11.8 Å². The Kier molecular flexibility index (Phi) is 3.99. The van der Waals surface area contributed by atoms with Crippen molar-refractivity contribution in [2.45, 2.75) is 38.1 Å². The number of nitrogens with two attached hydrogens (primary N) is 1. The zero-order valence-corrected chi connectivity index (χ0v) is 10.1. The molecule has 0 spiro atoms. The van der Waals surface area contributed by atoms with Crippen molar-refractivity contribution in [2.24, 2.45) is 17.6 Å². The van der Waals surface area contributed by atoms with Crippen LogP contribution in [0.5, 0.6) is 0 Å². The summed E-state index contributed by atoms with van der Waals surface area (Å²) in [6.07, 6.45) is 4.65.